The van der Waals surface area contributed by atoms with Crippen LogP contribution in [-0.2, 0) is 11.2 Å². The van der Waals surface area contributed by atoms with Gasteiger partial charge in [0.2, 0.25) is 5.91 Å². The summed E-state index contributed by atoms with van der Waals surface area (Å²) in [5.74, 6) is 0.157. The van der Waals surface area contributed by atoms with E-state index in [1.807, 2.05) is 61.5 Å². The number of benzene rings is 2. The molecule has 0 fully saturated rings. The third-order valence-corrected chi connectivity index (χ3v) is 7.15. The van der Waals surface area contributed by atoms with Crippen molar-refractivity contribution in [2.75, 3.05) is 17.7 Å². The van der Waals surface area contributed by atoms with Gasteiger partial charge in [-0.1, -0.05) is 54.6 Å². The van der Waals surface area contributed by atoms with Gasteiger partial charge in [0.15, 0.2) is 5.16 Å². The van der Waals surface area contributed by atoms with Crippen molar-refractivity contribution >= 4 is 35.1 Å². The third kappa shape index (κ3) is 4.18. The normalized spacial score (nSPS) is 15.1. The summed E-state index contributed by atoms with van der Waals surface area (Å²) in [4.78, 5) is 33.2. The van der Waals surface area contributed by atoms with Crippen molar-refractivity contribution in [1.29, 1.82) is 0 Å². The van der Waals surface area contributed by atoms with Crippen LogP contribution in [0.2, 0.25) is 0 Å². The molecule has 1 atom stereocenters. The molecule has 0 bridgehead atoms. The first-order valence-electron chi connectivity index (χ1n) is 9.78. The Morgan fingerprint density at radius 3 is 2.60 bits per heavy atom. The van der Waals surface area contributed by atoms with E-state index in [4.69, 9.17) is 4.98 Å². The molecule has 1 aliphatic heterocycles. The zero-order valence-corrected chi connectivity index (χ0v) is 18.8. The lowest BCUT2D eigenvalue weighted by Crippen LogP contribution is -2.29. The molecule has 0 N–H and O–H groups in total. The summed E-state index contributed by atoms with van der Waals surface area (Å²) >= 11 is 2.89. The average Bonchev–Trinajstić information content (AvgIpc) is 3.13. The Morgan fingerprint density at radius 1 is 1.20 bits per heavy atom. The topological polar surface area (TPSA) is 55.2 Å². The first-order chi connectivity index (χ1) is 14.4. The van der Waals surface area contributed by atoms with E-state index in [9.17, 15) is 9.59 Å². The first-order valence-corrected chi connectivity index (χ1v) is 11.6. The van der Waals surface area contributed by atoms with Gasteiger partial charge in [-0.05, 0) is 31.2 Å². The van der Waals surface area contributed by atoms with Gasteiger partial charge in [-0.2, -0.15) is 0 Å². The molecule has 1 unspecified atom stereocenters. The number of hydrogen-bond donors (Lipinski definition) is 0. The minimum absolute atomic E-state index is 0.0425. The maximum absolute atomic E-state index is 13.3. The van der Waals surface area contributed by atoms with Crippen LogP contribution in [0.5, 0.6) is 0 Å². The van der Waals surface area contributed by atoms with Crippen LogP contribution in [0.3, 0.4) is 0 Å². The Balaban J connectivity index is 1.66. The molecule has 4 rings (SSSR count). The van der Waals surface area contributed by atoms with Crippen molar-refractivity contribution in [3.05, 3.63) is 76.2 Å². The van der Waals surface area contributed by atoms with E-state index in [2.05, 4.69) is 6.92 Å². The van der Waals surface area contributed by atoms with Gasteiger partial charge in [0.25, 0.3) is 5.56 Å². The molecule has 5 nitrogen and oxygen atoms in total. The highest BCUT2D eigenvalue weighted by Crippen LogP contribution is 2.35. The number of aryl methyl sites for hydroxylation is 1. The van der Waals surface area contributed by atoms with E-state index in [0.29, 0.717) is 10.4 Å². The summed E-state index contributed by atoms with van der Waals surface area (Å²) < 4.78 is 1.64. The molecule has 0 aliphatic carbocycles. The Morgan fingerprint density at radius 2 is 1.90 bits per heavy atom. The molecule has 3 aromatic rings. The molecule has 1 aromatic heterocycles. The van der Waals surface area contributed by atoms with Crippen molar-refractivity contribution in [3.63, 3.8) is 0 Å². The zero-order chi connectivity index (χ0) is 21.3. The van der Waals surface area contributed by atoms with E-state index in [1.165, 1.54) is 11.8 Å². The monoisotopic (exact) mass is 437 g/mol. The molecular formula is C23H23N3O2S2. The van der Waals surface area contributed by atoms with Crippen LogP contribution in [0.25, 0.3) is 5.69 Å². The minimum atomic E-state index is -0.0513. The molecule has 7 heteroatoms. The van der Waals surface area contributed by atoms with Crippen molar-refractivity contribution < 1.29 is 4.79 Å². The second kappa shape index (κ2) is 8.70. The van der Waals surface area contributed by atoms with E-state index in [0.717, 1.165) is 33.9 Å². The number of aromatic nitrogens is 2. The highest BCUT2D eigenvalue weighted by Gasteiger charge is 2.27. The summed E-state index contributed by atoms with van der Waals surface area (Å²) in [6.45, 7) is 4.12. The lowest BCUT2D eigenvalue weighted by Gasteiger charge is -2.18. The van der Waals surface area contributed by atoms with Gasteiger partial charge >= 0.3 is 0 Å². The van der Waals surface area contributed by atoms with Gasteiger partial charge in [0.1, 0.15) is 0 Å². The maximum Gasteiger partial charge on any atom is 0.272 e. The molecule has 30 heavy (non-hydrogen) atoms. The number of carbonyl (C=O) groups is 1. The molecule has 0 saturated heterocycles. The minimum Gasteiger partial charge on any atom is -0.315 e. The summed E-state index contributed by atoms with van der Waals surface area (Å²) in [5, 5.41) is 0.893. The van der Waals surface area contributed by atoms with Crippen molar-refractivity contribution in [2.45, 2.75) is 35.6 Å². The van der Waals surface area contributed by atoms with Crippen LogP contribution < -0.4 is 10.5 Å². The van der Waals surface area contributed by atoms with Gasteiger partial charge in [-0.15, -0.1) is 11.8 Å². The summed E-state index contributed by atoms with van der Waals surface area (Å²) in [6, 6.07) is 17.3. The molecule has 0 radical (unpaired) electrons. The summed E-state index contributed by atoms with van der Waals surface area (Å²) in [7, 11) is 1.76. The summed E-state index contributed by atoms with van der Waals surface area (Å²) in [6.07, 6.45) is 0.773. The van der Waals surface area contributed by atoms with Crippen molar-refractivity contribution in [1.82, 2.24) is 9.55 Å². The predicted molar refractivity (Wildman–Crippen MR) is 124 cm³/mol. The highest BCUT2D eigenvalue weighted by atomic mass is 32.2. The number of anilines is 1. The average molecular weight is 438 g/mol. The molecule has 2 aromatic carbocycles. The number of amides is 1. The van der Waals surface area contributed by atoms with E-state index in [1.54, 1.807) is 28.3 Å². The van der Waals surface area contributed by atoms with Crippen LogP contribution in [0.15, 0.2) is 69.4 Å². The fourth-order valence-corrected chi connectivity index (χ4v) is 5.38. The Bertz CT molecular complexity index is 1130. The molecule has 1 aliphatic rings. The predicted octanol–water partition coefficient (Wildman–Crippen LogP) is 4.33. The lowest BCUT2D eigenvalue weighted by molar-refractivity contribution is -0.115. The smallest absolute Gasteiger partial charge is 0.272 e. The summed E-state index contributed by atoms with van der Waals surface area (Å²) in [5.41, 5.74) is 3.52. The molecule has 2 heterocycles. The largest absolute Gasteiger partial charge is 0.315 e. The second-order valence-corrected chi connectivity index (χ2v) is 9.75. The number of fused-ring (bicyclic) bond motifs is 1. The molecule has 1 amide bonds. The van der Waals surface area contributed by atoms with Crippen LogP contribution >= 0.6 is 23.5 Å². The molecule has 0 spiro atoms. The van der Waals surface area contributed by atoms with E-state index < -0.39 is 0 Å². The van der Waals surface area contributed by atoms with Crippen LogP contribution in [-0.4, -0.2) is 33.5 Å². The zero-order valence-electron chi connectivity index (χ0n) is 17.2. The van der Waals surface area contributed by atoms with E-state index in [-0.39, 0.29) is 17.2 Å². The highest BCUT2D eigenvalue weighted by molar-refractivity contribution is 8.00. The van der Waals surface area contributed by atoms with Gasteiger partial charge < -0.3 is 4.90 Å². The Hall–Kier alpha value is -2.51. The van der Waals surface area contributed by atoms with Crippen LogP contribution in [0, 0.1) is 6.92 Å². The molecular weight excluding hydrogens is 414 g/mol. The molecule has 0 saturated carbocycles. The number of thioether (sulfide) groups is 2. The number of hydrogen-bond acceptors (Lipinski definition) is 5. The van der Waals surface area contributed by atoms with Gasteiger partial charge in [0, 0.05) is 24.4 Å². The second-order valence-electron chi connectivity index (χ2n) is 7.36. The number of carbonyl (C=O) groups excluding carboxylic acids is 1. The Labute approximate surface area is 184 Å². The number of para-hydroxylation sites is 1. The maximum atomic E-state index is 13.3. The fraction of sp³-hybridized carbons (Fsp3) is 0.261. The molecule has 154 valence electrons. The van der Waals surface area contributed by atoms with Gasteiger partial charge in [0.05, 0.1) is 22.0 Å². The lowest BCUT2D eigenvalue weighted by atomic mass is 10.2. The van der Waals surface area contributed by atoms with Crippen molar-refractivity contribution in [3.8, 4) is 5.69 Å². The standard InChI is InChI=1S/C23H23N3O2S2/c1-15-9-11-18(12-10-15)26-22(28)21-19(13-16(2)30-21)24-23(26)29-14-20(27)25(3)17-7-5-4-6-8-17/h4-12,16H,13-14H2,1-3H3. The van der Waals surface area contributed by atoms with Crippen LogP contribution in [0.4, 0.5) is 5.69 Å². The van der Waals surface area contributed by atoms with Gasteiger partial charge in [-0.25, -0.2) is 4.98 Å². The first kappa shape index (κ1) is 20.8. The number of rotatable bonds is 5. The third-order valence-electron chi connectivity index (χ3n) is 5.02. The van der Waals surface area contributed by atoms with Crippen LogP contribution in [0.1, 0.15) is 18.2 Å². The van der Waals surface area contributed by atoms with Crippen molar-refractivity contribution in [2.24, 2.45) is 0 Å². The SMILES string of the molecule is Cc1ccc(-n2c(SCC(=O)N(C)c3ccccc3)nc3c(c2=O)SC(C)C3)cc1. The van der Waals surface area contributed by atoms with Gasteiger partial charge in [-0.3, -0.25) is 14.2 Å². The fourth-order valence-electron chi connectivity index (χ4n) is 3.34. The number of nitrogens with zero attached hydrogens (tertiary/aromatic N) is 3. The Kier molecular flexibility index (Phi) is 6.01. The quantitative estimate of drug-likeness (QED) is 0.439. The van der Waals surface area contributed by atoms with E-state index >= 15 is 0 Å².